The molecule has 1 unspecified atom stereocenters. The summed E-state index contributed by atoms with van der Waals surface area (Å²) in [5.41, 5.74) is 3.56. The first-order chi connectivity index (χ1) is 10.1. The Balaban J connectivity index is 1.71. The van der Waals surface area contributed by atoms with Crippen molar-refractivity contribution in [1.29, 1.82) is 0 Å². The summed E-state index contributed by atoms with van der Waals surface area (Å²) in [6.07, 6.45) is 2.29. The van der Waals surface area contributed by atoms with Crippen molar-refractivity contribution in [3.63, 3.8) is 0 Å². The summed E-state index contributed by atoms with van der Waals surface area (Å²) >= 11 is 3.47. The van der Waals surface area contributed by atoms with Crippen LogP contribution in [0.1, 0.15) is 24.5 Å². The van der Waals surface area contributed by atoms with Gasteiger partial charge in [-0.15, -0.1) is 0 Å². The second kappa shape index (κ2) is 6.02. The third-order valence-electron chi connectivity index (χ3n) is 3.99. The molecule has 0 saturated heterocycles. The van der Waals surface area contributed by atoms with E-state index < -0.39 is 0 Å². The molecular formula is C18H18BrNO. The summed E-state index contributed by atoms with van der Waals surface area (Å²) in [7, 11) is 0. The van der Waals surface area contributed by atoms with E-state index in [9.17, 15) is 4.79 Å². The van der Waals surface area contributed by atoms with E-state index in [-0.39, 0.29) is 11.9 Å². The van der Waals surface area contributed by atoms with E-state index >= 15 is 0 Å². The fourth-order valence-corrected chi connectivity index (χ4v) is 3.46. The monoisotopic (exact) mass is 343 g/mol. The number of aryl methyl sites for hydroxylation is 1. The van der Waals surface area contributed by atoms with E-state index in [1.807, 2.05) is 29.2 Å². The number of hydrogen-bond acceptors (Lipinski definition) is 1. The molecule has 2 aromatic rings. The van der Waals surface area contributed by atoms with Crippen LogP contribution in [0.3, 0.4) is 0 Å². The Hall–Kier alpha value is -1.61. The molecule has 108 valence electrons. The summed E-state index contributed by atoms with van der Waals surface area (Å²) in [5.74, 6) is 0.215. The Morgan fingerprint density at radius 2 is 2.05 bits per heavy atom. The Morgan fingerprint density at radius 3 is 2.86 bits per heavy atom. The molecule has 0 bridgehead atoms. The van der Waals surface area contributed by atoms with Crippen molar-refractivity contribution in [2.24, 2.45) is 0 Å². The maximum absolute atomic E-state index is 12.6. The fourth-order valence-electron chi connectivity index (χ4n) is 3.01. The lowest BCUT2D eigenvalue weighted by atomic mass is 10.1. The van der Waals surface area contributed by atoms with Crippen molar-refractivity contribution < 1.29 is 4.79 Å². The molecule has 2 aromatic carbocycles. The zero-order valence-corrected chi connectivity index (χ0v) is 13.6. The number of para-hydroxylation sites is 1. The van der Waals surface area contributed by atoms with Gasteiger partial charge in [-0.3, -0.25) is 4.79 Å². The van der Waals surface area contributed by atoms with Gasteiger partial charge in [-0.25, -0.2) is 0 Å². The molecule has 0 fully saturated rings. The minimum absolute atomic E-state index is 0.215. The number of carbonyl (C=O) groups is 1. The SMILES string of the molecule is CC1Cc2ccccc2N1C(=O)CCc1cccc(Br)c1. The minimum Gasteiger partial charge on any atom is -0.309 e. The Morgan fingerprint density at radius 1 is 1.24 bits per heavy atom. The molecular weight excluding hydrogens is 326 g/mol. The summed E-state index contributed by atoms with van der Waals surface area (Å²) in [5, 5.41) is 0. The number of nitrogens with zero attached hydrogens (tertiary/aromatic N) is 1. The maximum atomic E-state index is 12.6. The molecule has 1 atom stereocenters. The number of benzene rings is 2. The van der Waals surface area contributed by atoms with Crippen LogP contribution in [0.4, 0.5) is 5.69 Å². The van der Waals surface area contributed by atoms with Crippen molar-refractivity contribution in [2.75, 3.05) is 4.90 Å². The van der Waals surface area contributed by atoms with Crippen LogP contribution in [-0.4, -0.2) is 11.9 Å². The van der Waals surface area contributed by atoms with Gasteiger partial charge < -0.3 is 4.90 Å². The van der Waals surface area contributed by atoms with Crippen molar-refractivity contribution in [1.82, 2.24) is 0 Å². The Kier molecular flexibility index (Phi) is 4.11. The maximum Gasteiger partial charge on any atom is 0.227 e. The Bertz CT molecular complexity index is 668. The van der Waals surface area contributed by atoms with Crippen LogP contribution in [0.2, 0.25) is 0 Å². The van der Waals surface area contributed by atoms with Crippen LogP contribution < -0.4 is 4.90 Å². The van der Waals surface area contributed by atoms with E-state index in [1.54, 1.807) is 0 Å². The molecule has 21 heavy (non-hydrogen) atoms. The standard InChI is InChI=1S/C18H18BrNO/c1-13-11-15-6-2-3-8-17(15)20(13)18(21)10-9-14-5-4-7-16(19)12-14/h2-8,12-13H,9-11H2,1H3. The fraction of sp³-hybridized carbons (Fsp3) is 0.278. The number of rotatable bonds is 3. The third-order valence-corrected chi connectivity index (χ3v) is 4.49. The van der Waals surface area contributed by atoms with Gasteiger partial charge in [0.2, 0.25) is 5.91 Å². The number of fused-ring (bicyclic) bond motifs is 1. The van der Waals surface area contributed by atoms with Crippen LogP contribution in [0, 0.1) is 0 Å². The summed E-state index contributed by atoms with van der Waals surface area (Å²) in [4.78, 5) is 14.6. The van der Waals surface area contributed by atoms with Gasteiger partial charge in [0, 0.05) is 22.6 Å². The molecule has 0 aromatic heterocycles. The molecule has 1 amide bonds. The quantitative estimate of drug-likeness (QED) is 0.810. The summed E-state index contributed by atoms with van der Waals surface area (Å²) in [6, 6.07) is 16.6. The van der Waals surface area contributed by atoms with E-state index in [0.717, 1.165) is 23.0 Å². The van der Waals surface area contributed by atoms with Gasteiger partial charge >= 0.3 is 0 Å². The van der Waals surface area contributed by atoms with Crippen LogP contribution in [0.15, 0.2) is 53.0 Å². The molecule has 1 aliphatic heterocycles. The van der Waals surface area contributed by atoms with Crippen molar-refractivity contribution in [3.05, 3.63) is 64.1 Å². The molecule has 0 radical (unpaired) electrons. The second-order valence-electron chi connectivity index (χ2n) is 5.58. The van der Waals surface area contributed by atoms with Crippen molar-refractivity contribution >= 4 is 27.5 Å². The summed E-state index contributed by atoms with van der Waals surface area (Å²) < 4.78 is 1.06. The van der Waals surface area contributed by atoms with Gasteiger partial charge in [-0.1, -0.05) is 46.3 Å². The average Bonchev–Trinajstić information content (AvgIpc) is 2.81. The topological polar surface area (TPSA) is 20.3 Å². The van der Waals surface area contributed by atoms with E-state index in [2.05, 4.69) is 47.1 Å². The number of amides is 1. The molecule has 3 rings (SSSR count). The van der Waals surface area contributed by atoms with Gasteiger partial charge in [0.1, 0.15) is 0 Å². The van der Waals surface area contributed by atoms with Crippen LogP contribution >= 0.6 is 15.9 Å². The van der Waals surface area contributed by atoms with Crippen LogP contribution in [0.5, 0.6) is 0 Å². The molecule has 1 heterocycles. The van der Waals surface area contributed by atoms with E-state index in [0.29, 0.717) is 6.42 Å². The molecule has 0 spiro atoms. The highest BCUT2D eigenvalue weighted by molar-refractivity contribution is 9.10. The summed E-state index contributed by atoms with van der Waals surface area (Å²) in [6.45, 7) is 2.12. The Labute approximate surface area is 133 Å². The number of carbonyl (C=O) groups excluding carboxylic acids is 1. The number of hydrogen-bond donors (Lipinski definition) is 0. The molecule has 3 heteroatoms. The highest BCUT2D eigenvalue weighted by atomic mass is 79.9. The van der Waals surface area contributed by atoms with Crippen LogP contribution in [0.25, 0.3) is 0 Å². The molecule has 1 aliphatic rings. The van der Waals surface area contributed by atoms with Crippen LogP contribution in [-0.2, 0) is 17.6 Å². The first-order valence-electron chi connectivity index (χ1n) is 7.29. The molecule has 0 aliphatic carbocycles. The smallest absolute Gasteiger partial charge is 0.227 e. The van der Waals surface area contributed by atoms with Gasteiger partial charge in [0.25, 0.3) is 0 Å². The molecule has 0 saturated carbocycles. The lowest BCUT2D eigenvalue weighted by Crippen LogP contribution is -2.35. The lowest BCUT2D eigenvalue weighted by Gasteiger charge is -2.22. The van der Waals surface area contributed by atoms with Crippen molar-refractivity contribution in [2.45, 2.75) is 32.2 Å². The zero-order chi connectivity index (χ0) is 14.8. The van der Waals surface area contributed by atoms with E-state index in [1.165, 1.54) is 11.1 Å². The first kappa shape index (κ1) is 14.3. The van der Waals surface area contributed by atoms with Crippen molar-refractivity contribution in [3.8, 4) is 0 Å². The largest absolute Gasteiger partial charge is 0.309 e. The zero-order valence-electron chi connectivity index (χ0n) is 12.1. The van der Waals surface area contributed by atoms with Gasteiger partial charge in [-0.05, 0) is 49.1 Å². The number of anilines is 1. The predicted octanol–water partition coefficient (Wildman–Crippen LogP) is 4.36. The minimum atomic E-state index is 0.215. The van der Waals surface area contributed by atoms with Gasteiger partial charge in [0.05, 0.1) is 0 Å². The first-order valence-corrected chi connectivity index (χ1v) is 8.09. The predicted molar refractivity (Wildman–Crippen MR) is 89.6 cm³/mol. The molecule has 0 N–H and O–H groups in total. The normalized spacial score (nSPS) is 16.9. The third kappa shape index (κ3) is 3.03. The molecule has 2 nitrogen and oxygen atoms in total. The van der Waals surface area contributed by atoms with Gasteiger partial charge in [-0.2, -0.15) is 0 Å². The highest BCUT2D eigenvalue weighted by Gasteiger charge is 2.29. The lowest BCUT2D eigenvalue weighted by molar-refractivity contribution is -0.118. The number of halogens is 1. The highest BCUT2D eigenvalue weighted by Crippen LogP contribution is 2.32. The van der Waals surface area contributed by atoms with E-state index in [4.69, 9.17) is 0 Å². The second-order valence-corrected chi connectivity index (χ2v) is 6.49. The average molecular weight is 344 g/mol. The van der Waals surface area contributed by atoms with Gasteiger partial charge in [0.15, 0.2) is 0 Å².